The summed E-state index contributed by atoms with van der Waals surface area (Å²) in [5.74, 6) is 0. The molecule has 1 N–H and O–H groups in total. The third-order valence-electron chi connectivity index (χ3n) is 2.48. The summed E-state index contributed by atoms with van der Waals surface area (Å²) in [6, 6.07) is 10.2. The average molecular weight is 261 g/mol. The Morgan fingerprint density at radius 1 is 1.11 bits per heavy atom. The van der Waals surface area contributed by atoms with Crippen LogP contribution in [0.1, 0.15) is 25.8 Å². The minimum atomic E-state index is 0.160. The monoisotopic (exact) mass is 261 g/mol. The minimum absolute atomic E-state index is 0.160. The lowest BCUT2D eigenvalue weighted by atomic mass is 10.1. The lowest BCUT2D eigenvalue weighted by Gasteiger charge is -2.19. The van der Waals surface area contributed by atoms with E-state index >= 15 is 0 Å². The zero-order valence-electron chi connectivity index (χ0n) is 11.1. The van der Waals surface area contributed by atoms with Crippen molar-refractivity contribution in [2.24, 2.45) is 0 Å². The van der Waals surface area contributed by atoms with Gasteiger partial charge in [0, 0.05) is 24.1 Å². The summed E-state index contributed by atoms with van der Waals surface area (Å²) in [6.45, 7) is 7.44. The molecule has 2 aromatic rings. The Morgan fingerprint density at radius 2 is 1.83 bits per heavy atom. The fraction of sp³-hybridized carbons (Fsp3) is 0.429. The Balaban J connectivity index is 1.95. The summed E-state index contributed by atoms with van der Waals surface area (Å²) >= 11 is 1.67. The lowest BCUT2D eigenvalue weighted by molar-refractivity contribution is 0.429. The van der Waals surface area contributed by atoms with Crippen molar-refractivity contribution in [3.05, 3.63) is 35.3 Å². The van der Waals surface area contributed by atoms with Gasteiger partial charge < -0.3 is 5.32 Å². The zero-order chi connectivity index (χ0) is 13.0. The van der Waals surface area contributed by atoms with E-state index in [1.54, 1.807) is 11.3 Å². The fourth-order valence-electron chi connectivity index (χ4n) is 1.60. The van der Waals surface area contributed by atoms with Crippen LogP contribution < -0.4 is 5.32 Å². The molecule has 0 bridgehead atoms. The van der Waals surface area contributed by atoms with E-state index in [1.165, 1.54) is 0 Å². The van der Waals surface area contributed by atoms with Crippen molar-refractivity contribution >= 4 is 11.3 Å². The molecule has 0 saturated carbocycles. The number of nitrogens with zero attached hydrogens (tertiary/aromatic N) is 2. The summed E-state index contributed by atoms with van der Waals surface area (Å²) in [4.78, 5) is 0. The van der Waals surface area contributed by atoms with Gasteiger partial charge in [-0.2, -0.15) is 0 Å². The molecule has 0 aliphatic carbocycles. The molecule has 96 valence electrons. The van der Waals surface area contributed by atoms with E-state index in [4.69, 9.17) is 0 Å². The van der Waals surface area contributed by atoms with Crippen LogP contribution in [0.3, 0.4) is 0 Å². The Bertz CT molecular complexity index is 485. The maximum Gasteiger partial charge on any atom is 0.147 e. The van der Waals surface area contributed by atoms with Crippen molar-refractivity contribution in [1.29, 1.82) is 0 Å². The fourth-order valence-corrected chi connectivity index (χ4v) is 2.44. The molecule has 0 aliphatic rings. The van der Waals surface area contributed by atoms with Gasteiger partial charge in [-0.15, -0.1) is 10.2 Å². The van der Waals surface area contributed by atoms with E-state index in [-0.39, 0.29) is 5.54 Å². The Kier molecular flexibility index (Phi) is 4.09. The molecule has 0 unspecified atom stereocenters. The number of aromatic nitrogens is 2. The molecule has 0 spiro atoms. The molecule has 0 fully saturated rings. The molecule has 1 aromatic carbocycles. The third-order valence-corrected chi connectivity index (χ3v) is 3.51. The molecule has 0 amide bonds. The van der Waals surface area contributed by atoms with E-state index < -0.39 is 0 Å². The number of rotatable bonds is 4. The van der Waals surface area contributed by atoms with E-state index in [0.717, 1.165) is 28.5 Å². The van der Waals surface area contributed by atoms with Gasteiger partial charge in [0.1, 0.15) is 10.0 Å². The van der Waals surface area contributed by atoms with Gasteiger partial charge in [0.05, 0.1) is 0 Å². The van der Waals surface area contributed by atoms with E-state index in [1.807, 2.05) is 18.2 Å². The zero-order valence-corrected chi connectivity index (χ0v) is 11.9. The summed E-state index contributed by atoms with van der Waals surface area (Å²) in [5, 5.41) is 14.0. The van der Waals surface area contributed by atoms with Gasteiger partial charge in [-0.05, 0) is 20.8 Å². The smallest absolute Gasteiger partial charge is 0.147 e. The van der Waals surface area contributed by atoms with Gasteiger partial charge >= 0.3 is 0 Å². The van der Waals surface area contributed by atoms with Crippen LogP contribution in [0.25, 0.3) is 10.6 Å². The predicted molar refractivity (Wildman–Crippen MR) is 76.8 cm³/mol. The molecule has 18 heavy (non-hydrogen) atoms. The molecule has 3 nitrogen and oxygen atoms in total. The quantitative estimate of drug-likeness (QED) is 0.919. The van der Waals surface area contributed by atoms with Crippen molar-refractivity contribution in [2.45, 2.75) is 32.7 Å². The standard InChI is InChI=1S/C14H19N3S/c1-14(2,3)15-10-9-12-16-17-13(18-12)11-7-5-4-6-8-11/h4-8,15H,9-10H2,1-3H3. The van der Waals surface area contributed by atoms with Crippen LogP contribution in [0, 0.1) is 0 Å². The van der Waals surface area contributed by atoms with E-state index in [2.05, 4.69) is 48.4 Å². The van der Waals surface area contributed by atoms with Crippen molar-refractivity contribution in [1.82, 2.24) is 15.5 Å². The van der Waals surface area contributed by atoms with Crippen molar-refractivity contribution < 1.29 is 0 Å². The highest BCUT2D eigenvalue weighted by molar-refractivity contribution is 7.14. The SMILES string of the molecule is CC(C)(C)NCCc1nnc(-c2ccccc2)s1. The number of hydrogen-bond donors (Lipinski definition) is 1. The first-order valence-electron chi connectivity index (χ1n) is 6.17. The van der Waals surface area contributed by atoms with Crippen LogP contribution in [-0.4, -0.2) is 22.3 Å². The summed E-state index contributed by atoms with van der Waals surface area (Å²) < 4.78 is 0. The Morgan fingerprint density at radius 3 is 2.50 bits per heavy atom. The second-order valence-electron chi connectivity index (χ2n) is 5.29. The van der Waals surface area contributed by atoms with Gasteiger partial charge in [-0.1, -0.05) is 41.7 Å². The highest BCUT2D eigenvalue weighted by Gasteiger charge is 2.10. The first-order chi connectivity index (χ1) is 8.54. The maximum absolute atomic E-state index is 4.24. The van der Waals surface area contributed by atoms with Gasteiger partial charge in [0.15, 0.2) is 0 Å². The second kappa shape index (κ2) is 5.59. The highest BCUT2D eigenvalue weighted by atomic mass is 32.1. The molecule has 0 aliphatic heterocycles. The van der Waals surface area contributed by atoms with Gasteiger partial charge in [-0.3, -0.25) is 0 Å². The second-order valence-corrected chi connectivity index (χ2v) is 6.36. The van der Waals surface area contributed by atoms with E-state index in [0.29, 0.717) is 0 Å². The molecular formula is C14H19N3S. The lowest BCUT2D eigenvalue weighted by Crippen LogP contribution is -2.37. The van der Waals surface area contributed by atoms with Gasteiger partial charge in [-0.25, -0.2) is 0 Å². The molecule has 0 atom stereocenters. The number of hydrogen-bond acceptors (Lipinski definition) is 4. The molecule has 2 rings (SSSR count). The van der Waals surface area contributed by atoms with Crippen molar-refractivity contribution in [3.8, 4) is 10.6 Å². The topological polar surface area (TPSA) is 37.8 Å². The normalized spacial score (nSPS) is 11.7. The first-order valence-corrected chi connectivity index (χ1v) is 6.99. The summed E-state index contributed by atoms with van der Waals surface area (Å²) in [7, 11) is 0. The van der Waals surface area contributed by atoms with Crippen molar-refractivity contribution in [3.63, 3.8) is 0 Å². The summed E-state index contributed by atoms with van der Waals surface area (Å²) in [5.41, 5.74) is 1.30. The van der Waals surface area contributed by atoms with Crippen LogP contribution in [0.4, 0.5) is 0 Å². The van der Waals surface area contributed by atoms with Gasteiger partial charge in [0.2, 0.25) is 0 Å². The van der Waals surface area contributed by atoms with Crippen LogP contribution >= 0.6 is 11.3 Å². The van der Waals surface area contributed by atoms with E-state index in [9.17, 15) is 0 Å². The van der Waals surface area contributed by atoms with Crippen LogP contribution in [0.5, 0.6) is 0 Å². The number of benzene rings is 1. The molecule has 0 radical (unpaired) electrons. The predicted octanol–water partition coefficient (Wildman–Crippen LogP) is 3.14. The Hall–Kier alpha value is -1.26. The summed E-state index contributed by atoms with van der Waals surface area (Å²) in [6.07, 6.45) is 0.932. The van der Waals surface area contributed by atoms with Crippen molar-refractivity contribution in [2.75, 3.05) is 6.54 Å². The first kappa shape index (κ1) is 13.2. The van der Waals surface area contributed by atoms with Crippen LogP contribution in [-0.2, 0) is 6.42 Å². The highest BCUT2D eigenvalue weighted by Crippen LogP contribution is 2.23. The Labute approximate surface area is 112 Å². The molecule has 4 heteroatoms. The van der Waals surface area contributed by atoms with Crippen LogP contribution in [0.2, 0.25) is 0 Å². The largest absolute Gasteiger partial charge is 0.312 e. The van der Waals surface area contributed by atoms with Gasteiger partial charge in [0.25, 0.3) is 0 Å². The molecule has 0 saturated heterocycles. The third kappa shape index (κ3) is 3.89. The maximum atomic E-state index is 4.24. The molecule has 1 heterocycles. The minimum Gasteiger partial charge on any atom is -0.312 e. The number of nitrogens with one attached hydrogen (secondary N) is 1. The average Bonchev–Trinajstić information content (AvgIpc) is 2.77. The molecular weight excluding hydrogens is 242 g/mol. The van der Waals surface area contributed by atoms with Crippen LogP contribution in [0.15, 0.2) is 30.3 Å². The molecule has 1 aromatic heterocycles.